The Kier molecular flexibility index (Phi) is 24.4. The monoisotopic (exact) mass is 268 g/mol. The Morgan fingerprint density at radius 3 is 1.45 bits per heavy atom. The van der Waals surface area contributed by atoms with E-state index in [4.69, 9.17) is 14.9 Å². The van der Waals surface area contributed by atoms with E-state index in [1.54, 1.807) is 0 Å². The minimum atomic E-state index is -4.82. The molecule has 0 heterocycles. The number of hydrogen-bond donors (Lipinski definition) is 3. The van der Waals surface area contributed by atoms with Crippen molar-refractivity contribution in [1.82, 2.24) is 0 Å². The average molecular weight is 268 g/mol. The summed E-state index contributed by atoms with van der Waals surface area (Å²) in [4.78, 5) is 24.7. The van der Waals surface area contributed by atoms with E-state index in [-0.39, 0.29) is 113 Å². The molecule has 0 aliphatic carbocycles. The van der Waals surface area contributed by atoms with Crippen molar-refractivity contribution >= 4 is 127 Å². The van der Waals surface area contributed by atoms with Gasteiger partial charge in [0.1, 0.15) is 0 Å². The van der Waals surface area contributed by atoms with Gasteiger partial charge >= 0.3 is 127 Å². The van der Waals surface area contributed by atoms with Gasteiger partial charge < -0.3 is 9.63 Å². The van der Waals surface area contributed by atoms with Gasteiger partial charge in [0.2, 0.25) is 0 Å². The van der Waals surface area contributed by atoms with Crippen LogP contribution in [-0.2, 0) is 9.09 Å². The molecule has 0 bridgehead atoms. The molecular formula is CH9Ca3O6P. The Balaban J connectivity index is -0.0000000817. The summed E-state index contributed by atoms with van der Waals surface area (Å²) in [5.41, 5.74) is 0. The van der Waals surface area contributed by atoms with Gasteiger partial charge in [-0.05, 0) is 0 Å². The molecule has 60 valence electrons. The van der Waals surface area contributed by atoms with E-state index < -0.39 is 14.0 Å². The first-order valence-electron chi connectivity index (χ1n) is 1.40. The summed E-state index contributed by atoms with van der Waals surface area (Å²) in [7, 11) is -4.82. The van der Waals surface area contributed by atoms with Gasteiger partial charge in [-0.1, -0.05) is 0 Å². The van der Waals surface area contributed by atoms with Crippen molar-refractivity contribution in [3.05, 3.63) is 0 Å². The van der Waals surface area contributed by atoms with Crippen LogP contribution in [0.25, 0.3) is 0 Å². The molecule has 0 aliphatic rings. The molecule has 0 rings (SSSR count). The van der Waals surface area contributed by atoms with E-state index in [1.165, 1.54) is 0 Å². The van der Waals surface area contributed by atoms with Crippen molar-refractivity contribution in [2.75, 3.05) is 0 Å². The fraction of sp³-hybridized carbons (Fsp3) is 0. The van der Waals surface area contributed by atoms with Crippen molar-refractivity contribution in [2.45, 2.75) is 0 Å². The van der Waals surface area contributed by atoms with Crippen LogP contribution < -0.4 is 0 Å². The summed E-state index contributed by atoms with van der Waals surface area (Å²) in [6, 6.07) is 0. The van der Waals surface area contributed by atoms with Crippen molar-refractivity contribution < 1.29 is 28.8 Å². The molecule has 0 radical (unpaired) electrons. The van der Waals surface area contributed by atoms with Gasteiger partial charge in [0.25, 0.3) is 0 Å². The molecule has 0 unspecified atom stereocenters. The Morgan fingerprint density at radius 2 is 1.45 bits per heavy atom. The van der Waals surface area contributed by atoms with Gasteiger partial charge in [-0.2, -0.15) is 0 Å². The fourth-order valence-electron chi connectivity index (χ4n) is 0.102. The molecule has 0 amide bonds. The summed E-state index contributed by atoms with van der Waals surface area (Å²) in [6.07, 6.45) is -1.99. The molecule has 11 heavy (non-hydrogen) atoms. The predicted octanol–water partition coefficient (Wildman–Crippen LogP) is -2.97. The molecule has 10 heteroatoms. The molecule has 0 atom stereocenters. The second-order valence-corrected chi connectivity index (χ2v) is 2.01. The SMILES string of the molecule is O=C(O)OP(=O)(O)O.[CaH2].[CaH2].[CaH2]. The number of rotatable bonds is 1. The summed E-state index contributed by atoms with van der Waals surface area (Å²) in [5, 5.41) is 7.53. The van der Waals surface area contributed by atoms with Crippen LogP contribution in [0.15, 0.2) is 0 Å². The van der Waals surface area contributed by atoms with Crippen LogP contribution in [-0.4, -0.2) is 134 Å². The topological polar surface area (TPSA) is 104 Å². The average Bonchev–Trinajstić information content (AvgIpc) is 1.21. The van der Waals surface area contributed by atoms with E-state index in [0.29, 0.717) is 0 Å². The van der Waals surface area contributed by atoms with Gasteiger partial charge in [-0.15, -0.1) is 0 Å². The Bertz CT molecular complexity index is 141. The van der Waals surface area contributed by atoms with Crippen molar-refractivity contribution in [1.29, 1.82) is 0 Å². The molecule has 0 saturated carbocycles. The summed E-state index contributed by atoms with van der Waals surface area (Å²) in [5.74, 6) is 0. The van der Waals surface area contributed by atoms with Crippen molar-refractivity contribution in [3.63, 3.8) is 0 Å². The normalized spacial score (nSPS) is 7.82. The molecule has 3 N–H and O–H groups in total. The second-order valence-electron chi connectivity index (χ2n) is 0.848. The summed E-state index contributed by atoms with van der Waals surface area (Å²) in [6.45, 7) is 0. The minimum absolute atomic E-state index is 0. The van der Waals surface area contributed by atoms with E-state index >= 15 is 0 Å². The van der Waals surface area contributed by atoms with E-state index in [0.717, 1.165) is 0 Å². The zero-order valence-electron chi connectivity index (χ0n) is 3.51. The molecule has 0 saturated heterocycles. The third-order valence-electron chi connectivity index (χ3n) is 0.197. The third kappa shape index (κ3) is 24.6. The molecule has 0 aromatic carbocycles. The first kappa shape index (κ1) is 23.8. The number of carbonyl (C=O) groups is 1. The van der Waals surface area contributed by atoms with Crippen LogP contribution in [0.1, 0.15) is 0 Å². The summed E-state index contributed by atoms with van der Waals surface area (Å²) < 4.78 is 12.6. The van der Waals surface area contributed by atoms with Crippen LogP contribution in [0.2, 0.25) is 0 Å². The van der Waals surface area contributed by atoms with Crippen LogP contribution in [0.5, 0.6) is 0 Å². The van der Waals surface area contributed by atoms with E-state index in [1.807, 2.05) is 0 Å². The number of hydrogen-bond acceptors (Lipinski definition) is 3. The maximum atomic E-state index is 9.53. The Hall–Kier alpha value is 3.20. The van der Waals surface area contributed by atoms with Crippen molar-refractivity contribution in [3.8, 4) is 0 Å². The van der Waals surface area contributed by atoms with Gasteiger partial charge in [0.15, 0.2) is 0 Å². The number of carboxylic acid groups (broad SMARTS) is 1. The van der Waals surface area contributed by atoms with Crippen molar-refractivity contribution in [2.24, 2.45) is 0 Å². The van der Waals surface area contributed by atoms with Crippen LogP contribution in [0.3, 0.4) is 0 Å². The van der Waals surface area contributed by atoms with Crippen LogP contribution in [0, 0.1) is 0 Å². The zero-order valence-corrected chi connectivity index (χ0v) is 4.41. The Labute approximate surface area is 152 Å². The Morgan fingerprint density at radius 1 is 1.18 bits per heavy atom. The van der Waals surface area contributed by atoms with Gasteiger partial charge in [-0.25, -0.2) is 9.36 Å². The molecule has 0 fully saturated rings. The molecule has 6 nitrogen and oxygen atoms in total. The van der Waals surface area contributed by atoms with Gasteiger partial charge in [0, 0.05) is 0 Å². The van der Waals surface area contributed by atoms with E-state index in [2.05, 4.69) is 4.52 Å². The first-order chi connectivity index (χ1) is 3.42. The fourth-order valence-corrected chi connectivity index (χ4v) is 0.305. The molecule has 0 aliphatic heterocycles. The molecule has 0 aromatic rings. The quantitative estimate of drug-likeness (QED) is 0.346. The first-order valence-corrected chi connectivity index (χ1v) is 2.93. The predicted molar refractivity (Wildman–Crippen MR) is 46.8 cm³/mol. The van der Waals surface area contributed by atoms with Gasteiger partial charge in [0.05, 0.1) is 0 Å². The molecule has 0 aromatic heterocycles. The molecule has 0 spiro atoms. The zero-order chi connectivity index (χ0) is 6.78. The third-order valence-corrected chi connectivity index (χ3v) is 0.591. The number of phosphoric acid groups is 1. The number of phosphoric ester groups is 1. The molecular weight excluding hydrogens is 259 g/mol. The second kappa shape index (κ2) is 11.3. The van der Waals surface area contributed by atoms with Gasteiger partial charge in [-0.3, -0.25) is 9.79 Å². The van der Waals surface area contributed by atoms with E-state index in [9.17, 15) is 9.36 Å². The standard InChI is InChI=1S/CH3O6P.3Ca.6H/c2-1(3)7-8(4,5)6;;;;;;;;;/h(H,2,3)(H2,4,5,6);;;;;;;;;. The van der Waals surface area contributed by atoms with Crippen LogP contribution in [0.4, 0.5) is 4.79 Å². The summed E-state index contributed by atoms with van der Waals surface area (Å²) >= 11 is 0. The van der Waals surface area contributed by atoms with Crippen LogP contribution >= 0.6 is 7.82 Å². The maximum absolute atomic E-state index is 9.53.